The highest BCUT2D eigenvalue weighted by Crippen LogP contribution is 2.29. The maximum atomic E-state index is 12.4. The van der Waals surface area contributed by atoms with Crippen molar-refractivity contribution in [2.75, 3.05) is 13.1 Å². The molecule has 8 heteroatoms. The summed E-state index contributed by atoms with van der Waals surface area (Å²) in [6.07, 6.45) is 5.83. The third-order valence-electron chi connectivity index (χ3n) is 4.62. The predicted molar refractivity (Wildman–Crippen MR) is 92.6 cm³/mol. The lowest BCUT2D eigenvalue weighted by molar-refractivity contribution is -0.161. The van der Waals surface area contributed by atoms with Gasteiger partial charge in [-0.3, -0.25) is 14.5 Å². The van der Waals surface area contributed by atoms with Gasteiger partial charge in [-0.1, -0.05) is 0 Å². The molecular formula is C18H22N4O4. The zero-order chi connectivity index (χ0) is 18.6. The highest BCUT2D eigenvalue weighted by Gasteiger charge is 2.44. The van der Waals surface area contributed by atoms with Crippen molar-refractivity contribution in [3.63, 3.8) is 0 Å². The fourth-order valence-electron chi connectivity index (χ4n) is 3.02. The summed E-state index contributed by atoms with van der Waals surface area (Å²) in [6, 6.07) is 5.30. The van der Waals surface area contributed by atoms with Crippen molar-refractivity contribution in [1.29, 1.82) is 0 Å². The van der Waals surface area contributed by atoms with Gasteiger partial charge in [0.15, 0.2) is 0 Å². The van der Waals surface area contributed by atoms with E-state index in [1.165, 1.54) is 6.20 Å². The van der Waals surface area contributed by atoms with Crippen LogP contribution in [0.4, 0.5) is 0 Å². The largest absolute Gasteiger partial charge is 0.478 e. The molecular weight excluding hydrogens is 336 g/mol. The van der Waals surface area contributed by atoms with E-state index < -0.39 is 11.6 Å². The van der Waals surface area contributed by atoms with E-state index in [1.54, 1.807) is 27.9 Å². The molecule has 3 rings (SSSR count). The molecule has 0 saturated carbocycles. The van der Waals surface area contributed by atoms with Crippen LogP contribution in [0, 0.1) is 6.92 Å². The van der Waals surface area contributed by atoms with E-state index in [9.17, 15) is 14.7 Å². The molecule has 1 N–H and O–H groups in total. The molecule has 0 unspecified atom stereocenters. The smallest absolute Gasteiger partial charge is 0.348 e. The first-order valence-corrected chi connectivity index (χ1v) is 8.59. The Morgan fingerprint density at radius 1 is 1.31 bits per heavy atom. The number of likely N-dealkylation sites (tertiary alicyclic amines) is 1. The van der Waals surface area contributed by atoms with E-state index in [1.807, 2.05) is 19.2 Å². The van der Waals surface area contributed by atoms with Crippen molar-refractivity contribution >= 4 is 11.9 Å². The molecule has 1 aliphatic rings. The number of nitrogens with zero attached hydrogens (tertiary/aromatic N) is 4. The van der Waals surface area contributed by atoms with Gasteiger partial charge in [-0.15, -0.1) is 0 Å². The quantitative estimate of drug-likeness (QED) is 0.840. The van der Waals surface area contributed by atoms with Gasteiger partial charge in [0.1, 0.15) is 5.75 Å². The van der Waals surface area contributed by atoms with E-state index in [4.69, 9.17) is 4.74 Å². The van der Waals surface area contributed by atoms with Crippen LogP contribution in [0.5, 0.6) is 5.75 Å². The van der Waals surface area contributed by atoms with Gasteiger partial charge >= 0.3 is 5.97 Å². The summed E-state index contributed by atoms with van der Waals surface area (Å²) in [5.74, 6) is -0.588. The number of ether oxygens (including phenoxy) is 1. The Hall–Kier alpha value is -2.90. The van der Waals surface area contributed by atoms with Crippen LogP contribution in [0.3, 0.4) is 0 Å². The lowest BCUT2D eigenvalue weighted by atomic mass is 9.91. The van der Waals surface area contributed by atoms with E-state index in [0.29, 0.717) is 31.8 Å². The number of rotatable bonds is 6. The second-order valence-corrected chi connectivity index (χ2v) is 6.44. The average Bonchev–Trinajstić information content (AvgIpc) is 3.16. The van der Waals surface area contributed by atoms with Crippen molar-refractivity contribution in [3.8, 4) is 5.75 Å². The molecule has 0 radical (unpaired) electrons. The first kappa shape index (κ1) is 17.9. The predicted octanol–water partition coefficient (Wildman–Crippen LogP) is 1.50. The summed E-state index contributed by atoms with van der Waals surface area (Å²) in [4.78, 5) is 30.0. The summed E-state index contributed by atoms with van der Waals surface area (Å²) in [5.41, 5.74) is -0.491. The van der Waals surface area contributed by atoms with Crippen molar-refractivity contribution in [3.05, 3.63) is 42.5 Å². The van der Waals surface area contributed by atoms with E-state index in [0.717, 1.165) is 5.69 Å². The Bertz CT molecular complexity index is 750. The van der Waals surface area contributed by atoms with Crippen LogP contribution in [0.25, 0.3) is 0 Å². The van der Waals surface area contributed by atoms with E-state index in [2.05, 4.69) is 10.1 Å². The molecule has 1 aliphatic heterocycles. The summed E-state index contributed by atoms with van der Waals surface area (Å²) >= 11 is 0. The number of aliphatic carboxylic acids is 1. The van der Waals surface area contributed by atoms with Crippen LogP contribution < -0.4 is 4.74 Å². The molecule has 1 amide bonds. The number of piperidine rings is 1. The molecule has 8 nitrogen and oxygen atoms in total. The number of aromatic nitrogens is 3. The fourth-order valence-corrected chi connectivity index (χ4v) is 3.02. The van der Waals surface area contributed by atoms with Crippen LogP contribution in [-0.2, 0) is 16.1 Å². The third kappa shape index (κ3) is 4.01. The lowest BCUT2D eigenvalue weighted by Crippen LogP contribution is -2.54. The second-order valence-electron chi connectivity index (χ2n) is 6.44. The molecule has 1 fully saturated rings. The van der Waals surface area contributed by atoms with Crippen molar-refractivity contribution < 1.29 is 19.4 Å². The number of hydrogen-bond acceptors (Lipinski definition) is 5. The summed E-state index contributed by atoms with van der Waals surface area (Å²) in [6.45, 7) is 3.06. The Kier molecular flexibility index (Phi) is 5.20. The van der Waals surface area contributed by atoms with Crippen LogP contribution in [0.2, 0.25) is 0 Å². The molecule has 0 aromatic carbocycles. The Balaban J connectivity index is 1.59. The van der Waals surface area contributed by atoms with Gasteiger partial charge in [-0.25, -0.2) is 4.79 Å². The molecule has 1 saturated heterocycles. The van der Waals surface area contributed by atoms with E-state index >= 15 is 0 Å². The second kappa shape index (κ2) is 7.55. The molecule has 138 valence electrons. The number of pyridine rings is 1. The standard InChI is InChI=1S/C18H22N4O4/c1-14-3-4-15(13-19-14)26-18(17(24)25)6-11-21(12-7-18)16(23)5-10-22-9-2-8-20-22/h2-4,8-9,13H,5-7,10-12H2,1H3,(H,24,25). The molecule has 0 spiro atoms. The van der Waals surface area contributed by atoms with Crippen LogP contribution in [-0.4, -0.2) is 55.3 Å². The van der Waals surface area contributed by atoms with Crippen molar-refractivity contribution in [2.24, 2.45) is 0 Å². The maximum Gasteiger partial charge on any atom is 0.348 e. The minimum Gasteiger partial charge on any atom is -0.478 e. The number of hydrogen-bond donors (Lipinski definition) is 1. The van der Waals surface area contributed by atoms with Crippen LogP contribution in [0.15, 0.2) is 36.8 Å². The highest BCUT2D eigenvalue weighted by molar-refractivity contribution is 5.80. The van der Waals surface area contributed by atoms with Gasteiger partial charge in [0.2, 0.25) is 11.5 Å². The normalized spacial score (nSPS) is 16.3. The molecule has 2 aromatic rings. The average molecular weight is 358 g/mol. The van der Waals surface area contributed by atoms with Crippen molar-refractivity contribution in [2.45, 2.75) is 38.3 Å². The highest BCUT2D eigenvalue weighted by atomic mass is 16.5. The van der Waals surface area contributed by atoms with Gasteiger partial charge < -0.3 is 14.7 Å². The monoisotopic (exact) mass is 358 g/mol. The summed E-state index contributed by atoms with van der Waals surface area (Å²) < 4.78 is 7.50. The van der Waals surface area contributed by atoms with Gasteiger partial charge in [0, 0.05) is 57.0 Å². The molecule has 3 heterocycles. The number of carboxylic acid groups (broad SMARTS) is 1. The third-order valence-corrected chi connectivity index (χ3v) is 4.62. The molecule has 2 aromatic heterocycles. The van der Waals surface area contributed by atoms with Gasteiger partial charge in [-0.05, 0) is 25.1 Å². The van der Waals surface area contributed by atoms with Crippen LogP contribution >= 0.6 is 0 Å². The summed E-state index contributed by atoms with van der Waals surface area (Å²) in [5, 5.41) is 13.8. The van der Waals surface area contributed by atoms with E-state index in [-0.39, 0.29) is 18.7 Å². The molecule has 0 aliphatic carbocycles. The number of aryl methyl sites for hydroxylation is 2. The first-order valence-electron chi connectivity index (χ1n) is 8.59. The SMILES string of the molecule is Cc1ccc(OC2(C(=O)O)CCN(C(=O)CCn3cccn3)CC2)cn1. The van der Waals surface area contributed by atoms with Gasteiger partial charge in [0.05, 0.1) is 6.20 Å². The topological polar surface area (TPSA) is 97.6 Å². The lowest BCUT2D eigenvalue weighted by Gasteiger charge is -2.38. The number of carbonyl (C=O) groups excluding carboxylic acids is 1. The number of carboxylic acids is 1. The zero-order valence-electron chi connectivity index (χ0n) is 14.7. The number of carbonyl (C=O) groups is 2. The fraction of sp³-hybridized carbons (Fsp3) is 0.444. The maximum absolute atomic E-state index is 12.4. The molecule has 0 atom stereocenters. The van der Waals surface area contributed by atoms with Crippen molar-refractivity contribution in [1.82, 2.24) is 19.7 Å². The molecule has 26 heavy (non-hydrogen) atoms. The minimum atomic E-state index is -1.32. The molecule has 0 bridgehead atoms. The first-order chi connectivity index (χ1) is 12.5. The van der Waals surface area contributed by atoms with Gasteiger partial charge in [0.25, 0.3) is 0 Å². The van der Waals surface area contributed by atoms with Gasteiger partial charge in [-0.2, -0.15) is 5.10 Å². The minimum absolute atomic E-state index is 0.00325. The Labute approximate surface area is 151 Å². The zero-order valence-corrected chi connectivity index (χ0v) is 14.7. The Morgan fingerprint density at radius 2 is 2.08 bits per heavy atom. The van der Waals surface area contributed by atoms with Crippen LogP contribution in [0.1, 0.15) is 25.0 Å². The number of amides is 1. The Morgan fingerprint density at radius 3 is 2.65 bits per heavy atom. The summed E-state index contributed by atoms with van der Waals surface area (Å²) in [7, 11) is 0.